The van der Waals surface area contributed by atoms with Gasteiger partial charge in [-0.05, 0) is 71.5 Å². The van der Waals surface area contributed by atoms with E-state index in [1.807, 2.05) is 4.90 Å². The summed E-state index contributed by atoms with van der Waals surface area (Å²) in [6.07, 6.45) is 1.75. The maximum Gasteiger partial charge on any atom is 0.219 e. The summed E-state index contributed by atoms with van der Waals surface area (Å²) in [7, 11) is 0. The van der Waals surface area contributed by atoms with Crippen molar-refractivity contribution in [2.45, 2.75) is 24.7 Å². The second-order valence-corrected chi connectivity index (χ2v) is 8.11. The van der Waals surface area contributed by atoms with Crippen LogP contribution in [0.25, 0.3) is 11.1 Å². The quantitative estimate of drug-likeness (QED) is 0.756. The molecule has 0 aromatic heterocycles. The van der Waals surface area contributed by atoms with E-state index < -0.39 is 22.8 Å². The Labute approximate surface area is 155 Å². The molecule has 0 radical (unpaired) electrons. The molecule has 0 saturated carbocycles. The van der Waals surface area contributed by atoms with Gasteiger partial charge in [-0.3, -0.25) is 4.79 Å². The Bertz CT molecular complexity index is 774. The molecule has 2 aromatic carbocycles. The van der Waals surface area contributed by atoms with Crippen LogP contribution >= 0.6 is 0 Å². The maximum atomic E-state index is 13.4. The van der Waals surface area contributed by atoms with Gasteiger partial charge in [-0.2, -0.15) is 0 Å². The zero-order chi connectivity index (χ0) is 18.7. The zero-order valence-electron chi connectivity index (χ0n) is 14.6. The van der Waals surface area contributed by atoms with Crippen LogP contribution in [0.4, 0.5) is 8.78 Å². The Balaban J connectivity index is 1.61. The fourth-order valence-corrected chi connectivity index (χ4v) is 4.59. The predicted octanol–water partition coefficient (Wildman–Crippen LogP) is 4.00. The molecule has 1 fully saturated rings. The standard InChI is InChI=1S/C20H21F2NO2S/c1-14(24)23-10-8-15(9-11-23)13-26(25)18-5-2-16(3-6-18)17-4-7-19(21)20(22)12-17/h2-7,12,15H,8-11,13H2,1H3. The first-order valence-electron chi connectivity index (χ1n) is 8.63. The molecular weight excluding hydrogens is 356 g/mol. The summed E-state index contributed by atoms with van der Waals surface area (Å²) in [4.78, 5) is 13.9. The van der Waals surface area contributed by atoms with E-state index in [2.05, 4.69) is 0 Å². The summed E-state index contributed by atoms with van der Waals surface area (Å²) in [5.74, 6) is -0.736. The van der Waals surface area contributed by atoms with Crippen molar-refractivity contribution in [3.8, 4) is 11.1 Å². The predicted molar refractivity (Wildman–Crippen MR) is 98.0 cm³/mol. The van der Waals surface area contributed by atoms with Crippen molar-refractivity contribution in [3.05, 3.63) is 54.1 Å². The molecule has 3 rings (SSSR count). The molecule has 1 atom stereocenters. The molecule has 3 nitrogen and oxygen atoms in total. The van der Waals surface area contributed by atoms with Crippen LogP contribution in [-0.4, -0.2) is 34.2 Å². The minimum absolute atomic E-state index is 0.0948. The molecule has 0 spiro atoms. The fraction of sp³-hybridized carbons (Fsp3) is 0.350. The lowest BCUT2D eigenvalue weighted by atomic mass is 9.99. The van der Waals surface area contributed by atoms with Crippen molar-refractivity contribution in [2.75, 3.05) is 18.8 Å². The number of hydrogen-bond donors (Lipinski definition) is 0. The zero-order valence-corrected chi connectivity index (χ0v) is 15.4. The van der Waals surface area contributed by atoms with Gasteiger partial charge in [0.1, 0.15) is 5.75 Å². The summed E-state index contributed by atoms with van der Waals surface area (Å²) < 4.78 is 39.0. The van der Waals surface area contributed by atoms with E-state index in [0.717, 1.165) is 48.5 Å². The molecule has 1 unspecified atom stereocenters. The number of carbonyl (C=O) groups is 1. The average molecular weight is 377 g/mol. The minimum Gasteiger partial charge on any atom is -0.611 e. The fourth-order valence-electron chi connectivity index (χ4n) is 3.20. The third-order valence-electron chi connectivity index (χ3n) is 4.82. The Hall–Kier alpha value is -1.92. The van der Waals surface area contributed by atoms with Gasteiger partial charge in [0.25, 0.3) is 0 Å². The van der Waals surface area contributed by atoms with E-state index >= 15 is 0 Å². The van der Waals surface area contributed by atoms with Gasteiger partial charge in [-0.1, -0.05) is 6.07 Å². The minimum atomic E-state index is -1.11. The normalized spacial score (nSPS) is 16.5. The van der Waals surface area contributed by atoms with Crippen molar-refractivity contribution in [1.82, 2.24) is 4.90 Å². The number of hydrogen-bond acceptors (Lipinski definition) is 2. The van der Waals surface area contributed by atoms with Crippen LogP contribution < -0.4 is 0 Å². The molecule has 0 aliphatic carbocycles. The Morgan fingerprint density at radius 2 is 1.69 bits per heavy atom. The molecule has 26 heavy (non-hydrogen) atoms. The molecule has 138 valence electrons. The number of likely N-dealkylation sites (tertiary alicyclic amines) is 1. The molecule has 0 N–H and O–H groups in total. The molecule has 1 aliphatic rings. The third-order valence-corrected chi connectivity index (χ3v) is 6.39. The summed E-state index contributed by atoms with van der Waals surface area (Å²) in [6, 6.07) is 10.9. The topological polar surface area (TPSA) is 43.4 Å². The number of carbonyl (C=O) groups excluding carboxylic acids is 1. The van der Waals surface area contributed by atoms with Crippen molar-refractivity contribution in [2.24, 2.45) is 5.92 Å². The lowest BCUT2D eigenvalue weighted by Crippen LogP contribution is -2.38. The first-order valence-corrected chi connectivity index (χ1v) is 9.95. The molecule has 1 saturated heterocycles. The van der Waals surface area contributed by atoms with Crippen LogP contribution in [-0.2, 0) is 16.0 Å². The monoisotopic (exact) mass is 377 g/mol. The number of benzene rings is 2. The van der Waals surface area contributed by atoms with Crippen LogP contribution in [0.5, 0.6) is 0 Å². The molecular formula is C20H21F2NO2S. The second-order valence-electron chi connectivity index (χ2n) is 6.61. The Morgan fingerprint density at radius 3 is 2.27 bits per heavy atom. The smallest absolute Gasteiger partial charge is 0.219 e. The molecule has 1 heterocycles. The largest absolute Gasteiger partial charge is 0.611 e. The SMILES string of the molecule is CC(=O)N1CCC(C[S+]([O-])c2ccc(-c3ccc(F)c(F)c3)cc2)CC1. The van der Waals surface area contributed by atoms with Gasteiger partial charge in [-0.15, -0.1) is 0 Å². The summed E-state index contributed by atoms with van der Waals surface area (Å²) in [5, 5.41) is 0. The van der Waals surface area contributed by atoms with E-state index in [1.165, 1.54) is 6.07 Å². The van der Waals surface area contributed by atoms with Crippen molar-refractivity contribution < 1.29 is 18.1 Å². The average Bonchev–Trinajstić information content (AvgIpc) is 2.64. The van der Waals surface area contributed by atoms with E-state index in [9.17, 15) is 18.1 Å². The van der Waals surface area contributed by atoms with Gasteiger partial charge in [0.15, 0.2) is 16.5 Å². The number of halogens is 2. The first kappa shape index (κ1) is 18.9. The van der Waals surface area contributed by atoms with Crippen molar-refractivity contribution >= 4 is 17.1 Å². The molecule has 1 amide bonds. The summed E-state index contributed by atoms with van der Waals surface area (Å²) in [5.41, 5.74) is 1.33. The molecule has 1 aliphatic heterocycles. The summed E-state index contributed by atoms with van der Waals surface area (Å²) >= 11 is -1.11. The van der Waals surface area contributed by atoms with Gasteiger partial charge in [-0.25, -0.2) is 8.78 Å². The third kappa shape index (κ3) is 4.43. The van der Waals surface area contributed by atoms with E-state index in [1.54, 1.807) is 31.2 Å². The number of nitrogens with zero attached hydrogens (tertiary/aromatic N) is 1. The highest BCUT2D eigenvalue weighted by Crippen LogP contribution is 2.26. The van der Waals surface area contributed by atoms with E-state index in [-0.39, 0.29) is 5.91 Å². The Morgan fingerprint density at radius 1 is 1.08 bits per heavy atom. The molecule has 0 bridgehead atoms. The highest BCUT2D eigenvalue weighted by atomic mass is 32.2. The van der Waals surface area contributed by atoms with Crippen LogP contribution in [0, 0.1) is 17.6 Å². The van der Waals surface area contributed by atoms with Crippen molar-refractivity contribution in [3.63, 3.8) is 0 Å². The lowest BCUT2D eigenvalue weighted by molar-refractivity contribution is -0.130. The van der Waals surface area contributed by atoms with Crippen LogP contribution in [0.3, 0.4) is 0 Å². The van der Waals surface area contributed by atoms with Gasteiger partial charge in [0.2, 0.25) is 5.91 Å². The van der Waals surface area contributed by atoms with Gasteiger partial charge >= 0.3 is 0 Å². The van der Waals surface area contributed by atoms with Gasteiger partial charge in [0.05, 0.1) is 0 Å². The first-order chi connectivity index (χ1) is 12.4. The Kier molecular flexibility index (Phi) is 5.94. The number of rotatable bonds is 4. The lowest BCUT2D eigenvalue weighted by Gasteiger charge is -2.31. The van der Waals surface area contributed by atoms with Crippen LogP contribution in [0.2, 0.25) is 0 Å². The summed E-state index contributed by atoms with van der Waals surface area (Å²) in [6.45, 7) is 3.03. The van der Waals surface area contributed by atoms with Crippen molar-refractivity contribution in [1.29, 1.82) is 0 Å². The van der Waals surface area contributed by atoms with Gasteiger partial charge < -0.3 is 9.45 Å². The van der Waals surface area contributed by atoms with E-state index in [4.69, 9.17) is 0 Å². The number of piperidine rings is 1. The number of amides is 1. The second kappa shape index (κ2) is 8.18. The van der Waals surface area contributed by atoms with Crippen LogP contribution in [0.1, 0.15) is 19.8 Å². The van der Waals surface area contributed by atoms with Crippen LogP contribution in [0.15, 0.2) is 47.4 Å². The highest BCUT2D eigenvalue weighted by Gasteiger charge is 2.25. The maximum absolute atomic E-state index is 13.4. The highest BCUT2D eigenvalue weighted by molar-refractivity contribution is 7.91. The van der Waals surface area contributed by atoms with Gasteiger partial charge in [0, 0.05) is 25.9 Å². The molecule has 6 heteroatoms. The van der Waals surface area contributed by atoms with E-state index in [0.29, 0.717) is 17.2 Å². The molecule has 2 aromatic rings.